The van der Waals surface area contributed by atoms with Crippen LogP contribution in [0.4, 0.5) is 5.69 Å². The topological polar surface area (TPSA) is 71.6 Å². The van der Waals surface area contributed by atoms with E-state index in [1.54, 1.807) is 0 Å². The highest BCUT2D eigenvalue weighted by molar-refractivity contribution is 9.09. The molecule has 0 bridgehead atoms. The molecule has 4 unspecified atom stereocenters. The highest BCUT2D eigenvalue weighted by atomic mass is 79.9. The summed E-state index contributed by atoms with van der Waals surface area (Å²) in [6, 6.07) is 7.34. The molecule has 3 N–H and O–H groups in total. The molecule has 0 aliphatic carbocycles. The summed E-state index contributed by atoms with van der Waals surface area (Å²) in [6.45, 7) is 5.66. The van der Waals surface area contributed by atoms with Gasteiger partial charge in [0.1, 0.15) is 18.4 Å². The Kier molecular flexibility index (Phi) is 6.33. The minimum absolute atomic E-state index is 0.0431. The van der Waals surface area contributed by atoms with E-state index in [0.717, 1.165) is 30.9 Å². The van der Waals surface area contributed by atoms with Gasteiger partial charge in [0, 0.05) is 18.3 Å². The van der Waals surface area contributed by atoms with Gasteiger partial charge >= 0.3 is 0 Å². The van der Waals surface area contributed by atoms with Crippen molar-refractivity contribution in [2.45, 2.75) is 49.7 Å². The molecule has 0 spiro atoms. The molecule has 4 atom stereocenters. The van der Waals surface area contributed by atoms with Crippen molar-refractivity contribution in [2.75, 3.05) is 18.5 Å². The van der Waals surface area contributed by atoms with Gasteiger partial charge in [-0.05, 0) is 43.0 Å². The van der Waals surface area contributed by atoms with Gasteiger partial charge in [-0.1, -0.05) is 29.8 Å². The van der Waals surface area contributed by atoms with Crippen molar-refractivity contribution in [3.63, 3.8) is 0 Å². The van der Waals surface area contributed by atoms with E-state index in [9.17, 15) is 4.79 Å². The molecule has 2 fully saturated rings. The lowest BCUT2D eigenvalue weighted by Gasteiger charge is -2.19. The summed E-state index contributed by atoms with van der Waals surface area (Å²) in [5, 5.41) is 2.95. The molecule has 1 amide bonds. The molecule has 1 aromatic carbocycles. The smallest absolute Gasteiger partial charge is 0.244 e. The van der Waals surface area contributed by atoms with Crippen molar-refractivity contribution < 1.29 is 14.3 Å². The Labute approximate surface area is 157 Å². The molecule has 0 saturated carbocycles. The van der Waals surface area contributed by atoms with E-state index < -0.39 is 0 Å². The van der Waals surface area contributed by atoms with Gasteiger partial charge in [-0.3, -0.25) is 10.2 Å². The quantitative estimate of drug-likeness (QED) is 0.627. The van der Waals surface area contributed by atoms with E-state index >= 15 is 0 Å². The van der Waals surface area contributed by atoms with Crippen LogP contribution >= 0.6 is 15.9 Å². The average molecular weight is 412 g/mol. The van der Waals surface area contributed by atoms with Gasteiger partial charge in [-0.15, -0.1) is 0 Å². The number of halogens is 1. The Morgan fingerprint density at radius 2 is 2.12 bits per heavy atom. The molecule has 25 heavy (non-hydrogen) atoms. The Morgan fingerprint density at radius 3 is 2.72 bits per heavy atom. The molecule has 2 aliphatic heterocycles. The third-order valence-electron chi connectivity index (χ3n) is 4.65. The molecule has 0 radical (unpaired) electrons. The SMILES string of the molecule is CC(C)C1NNC(C(=O)Nc2ccc(OCC3CCCO3)cc2)C1Br. The van der Waals surface area contributed by atoms with Crippen molar-refractivity contribution >= 4 is 27.5 Å². The first kappa shape index (κ1) is 18.6. The van der Waals surface area contributed by atoms with Crippen molar-refractivity contribution in [2.24, 2.45) is 5.92 Å². The number of benzene rings is 1. The molecular formula is C18H26BrN3O3. The fourth-order valence-electron chi connectivity index (χ4n) is 3.12. The lowest BCUT2D eigenvalue weighted by molar-refractivity contribution is -0.117. The van der Waals surface area contributed by atoms with E-state index in [2.05, 4.69) is 45.9 Å². The van der Waals surface area contributed by atoms with Gasteiger partial charge in [0.2, 0.25) is 5.91 Å². The number of carbonyl (C=O) groups is 1. The number of hydrogen-bond donors (Lipinski definition) is 3. The van der Waals surface area contributed by atoms with Crippen LogP contribution in [0.5, 0.6) is 5.75 Å². The van der Waals surface area contributed by atoms with Crippen LogP contribution in [0.2, 0.25) is 0 Å². The predicted molar refractivity (Wildman–Crippen MR) is 101 cm³/mol. The van der Waals surface area contributed by atoms with E-state index in [1.165, 1.54) is 0 Å². The van der Waals surface area contributed by atoms with Crippen LogP contribution in [0.25, 0.3) is 0 Å². The van der Waals surface area contributed by atoms with Crippen LogP contribution in [-0.4, -0.2) is 42.1 Å². The van der Waals surface area contributed by atoms with Gasteiger partial charge in [0.25, 0.3) is 0 Å². The summed E-state index contributed by atoms with van der Waals surface area (Å²) in [4.78, 5) is 12.5. The molecule has 138 valence electrons. The third kappa shape index (κ3) is 4.73. The van der Waals surface area contributed by atoms with Crippen LogP contribution in [0.1, 0.15) is 26.7 Å². The zero-order chi connectivity index (χ0) is 17.8. The second-order valence-electron chi connectivity index (χ2n) is 6.94. The van der Waals surface area contributed by atoms with Gasteiger partial charge in [-0.2, -0.15) is 0 Å². The summed E-state index contributed by atoms with van der Waals surface area (Å²) in [5.41, 5.74) is 7.01. The first-order chi connectivity index (χ1) is 12.0. The summed E-state index contributed by atoms with van der Waals surface area (Å²) in [7, 11) is 0. The maximum absolute atomic E-state index is 12.5. The summed E-state index contributed by atoms with van der Waals surface area (Å²) in [5.74, 6) is 1.15. The second kappa shape index (κ2) is 8.49. The Morgan fingerprint density at radius 1 is 1.36 bits per heavy atom. The fourth-order valence-corrected chi connectivity index (χ4v) is 4.23. The lowest BCUT2D eigenvalue weighted by Crippen LogP contribution is -2.42. The number of nitrogens with one attached hydrogen (secondary N) is 3. The van der Waals surface area contributed by atoms with E-state index in [-0.39, 0.29) is 28.9 Å². The second-order valence-corrected chi connectivity index (χ2v) is 8.00. The van der Waals surface area contributed by atoms with Crippen LogP contribution in [0, 0.1) is 5.92 Å². The number of anilines is 1. The van der Waals surface area contributed by atoms with E-state index in [4.69, 9.17) is 9.47 Å². The molecule has 6 nitrogen and oxygen atoms in total. The maximum Gasteiger partial charge on any atom is 0.244 e. The van der Waals surface area contributed by atoms with Crippen LogP contribution in [0.3, 0.4) is 0 Å². The monoisotopic (exact) mass is 411 g/mol. The highest BCUT2D eigenvalue weighted by Crippen LogP contribution is 2.23. The summed E-state index contributed by atoms with van der Waals surface area (Å²) < 4.78 is 11.3. The number of hydrazine groups is 1. The first-order valence-corrected chi connectivity index (χ1v) is 9.76. The Balaban J connectivity index is 1.50. The van der Waals surface area contributed by atoms with Crippen molar-refractivity contribution in [1.29, 1.82) is 0 Å². The normalized spacial score (nSPS) is 29.1. The Bertz CT molecular complexity index is 575. The summed E-state index contributed by atoms with van der Waals surface area (Å²) in [6.07, 6.45) is 2.36. The molecule has 3 rings (SSSR count). The van der Waals surface area contributed by atoms with Crippen LogP contribution in [-0.2, 0) is 9.53 Å². The van der Waals surface area contributed by atoms with Gasteiger partial charge in [0.05, 0.1) is 10.9 Å². The third-order valence-corrected chi connectivity index (χ3v) is 5.75. The number of hydrogen-bond acceptors (Lipinski definition) is 5. The zero-order valence-electron chi connectivity index (χ0n) is 14.6. The van der Waals surface area contributed by atoms with Crippen LogP contribution < -0.4 is 20.9 Å². The van der Waals surface area contributed by atoms with Crippen molar-refractivity contribution in [1.82, 2.24) is 10.9 Å². The zero-order valence-corrected chi connectivity index (χ0v) is 16.2. The molecule has 1 aromatic rings. The number of alkyl halides is 1. The fraction of sp³-hybridized carbons (Fsp3) is 0.611. The molecular weight excluding hydrogens is 386 g/mol. The average Bonchev–Trinajstić information content (AvgIpc) is 3.23. The van der Waals surface area contributed by atoms with Gasteiger partial charge < -0.3 is 14.8 Å². The van der Waals surface area contributed by atoms with E-state index in [1.807, 2.05) is 24.3 Å². The lowest BCUT2D eigenvalue weighted by atomic mass is 9.99. The molecule has 2 heterocycles. The Hall–Kier alpha value is -1.15. The van der Waals surface area contributed by atoms with Crippen molar-refractivity contribution in [3.8, 4) is 5.75 Å². The first-order valence-electron chi connectivity index (χ1n) is 8.85. The minimum atomic E-state index is -0.317. The standard InChI is InChI=1S/C18H26BrN3O3/c1-11(2)16-15(19)17(22-21-16)18(23)20-12-5-7-13(8-6-12)25-10-14-4-3-9-24-14/h5-8,11,14-17,21-22H,3-4,9-10H2,1-2H3,(H,20,23). The molecule has 0 aromatic heterocycles. The highest BCUT2D eigenvalue weighted by Gasteiger charge is 2.39. The molecule has 2 saturated heterocycles. The molecule has 2 aliphatic rings. The predicted octanol–water partition coefficient (Wildman–Crippen LogP) is 2.45. The van der Waals surface area contributed by atoms with Crippen molar-refractivity contribution in [3.05, 3.63) is 24.3 Å². The molecule has 7 heteroatoms. The van der Waals surface area contributed by atoms with Gasteiger partial charge in [-0.25, -0.2) is 5.43 Å². The number of ether oxygens (including phenoxy) is 2. The van der Waals surface area contributed by atoms with E-state index in [0.29, 0.717) is 12.5 Å². The number of amides is 1. The van der Waals surface area contributed by atoms with Crippen LogP contribution in [0.15, 0.2) is 24.3 Å². The number of rotatable bonds is 6. The maximum atomic E-state index is 12.5. The number of carbonyl (C=O) groups excluding carboxylic acids is 1. The minimum Gasteiger partial charge on any atom is -0.491 e. The largest absolute Gasteiger partial charge is 0.491 e. The van der Waals surface area contributed by atoms with Gasteiger partial charge in [0.15, 0.2) is 0 Å². The summed E-state index contributed by atoms with van der Waals surface area (Å²) >= 11 is 3.63.